The molecule has 0 fully saturated rings. The van der Waals surface area contributed by atoms with Crippen molar-refractivity contribution in [3.63, 3.8) is 0 Å². The van der Waals surface area contributed by atoms with E-state index in [1.165, 1.54) is 0 Å². The fourth-order valence-electron chi connectivity index (χ4n) is 1.92. The predicted molar refractivity (Wildman–Crippen MR) is 93.2 cm³/mol. The molecule has 4 heteroatoms. The lowest BCUT2D eigenvalue weighted by Gasteiger charge is -2.18. The molecule has 23 heavy (non-hydrogen) atoms. The van der Waals surface area contributed by atoms with E-state index >= 15 is 0 Å². The van der Waals surface area contributed by atoms with E-state index in [9.17, 15) is 8.42 Å². The third-order valence-electron chi connectivity index (χ3n) is 3.12. The Morgan fingerprint density at radius 1 is 1.09 bits per heavy atom. The van der Waals surface area contributed by atoms with Crippen LogP contribution in [-0.2, 0) is 10.0 Å². The molecule has 0 N–H and O–H groups in total. The first-order valence-corrected chi connectivity index (χ1v) is 8.64. The Morgan fingerprint density at radius 3 is 2.26 bits per heavy atom. The number of benzene rings is 2. The molecule has 2 aromatic carbocycles. The van der Waals surface area contributed by atoms with E-state index in [0.717, 1.165) is 21.0 Å². The van der Waals surface area contributed by atoms with Gasteiger partial charge in [0.2, 0.25) is 0 Å². The average molecular weight is 325 g/mol. The molecule has 0 bridgehead atoms. The maximum absolute atomic E-state index is 12.8. The highest BCUT2D eigenvalue weighted by atomic mass is 32.2. The lowest BCUT2D eigenvalue weighted by atomic mass is 10.2. The maximum Gasteiger partial charge on any atom is 0.271 e. The van der Waals surface area contributed by atoms with Gasteiger partial charge in [-0.25, -0.2) is 12.7 Å². The molecule has 118 valence electrons. The van der Waals surface area contributed by atoms with Gasteiger partial charge < -0.3 is 0 Å². The number of rotatable bonds is 4. The summed E-state index contributed by atoms with van der Waals surface area (Å²) in [5.74, 6) is 2.89. The van der Waals surface area contributed by atoms with Gasteiger partial charge in [-0.3, -0.25) is 0 Å². The molecule has 0 amide bonds. The largest absolute Gasteiger partial charge is 0.271 e. The van der Waals surface area contributed by atoms with Crippen LogP contribution in [0.25, 0.3) is 0 Å². The molecule has 0 saturated heterocycles. The van der Waals surface area contributed by atoms with Crippen molar-refractivity contribution >= 4 is 10.0 Å². The van der Waals surface area contributed by atoms with Crippen molar-refractivity contribution in [1.29, 1.82) is 0 Å². The second-order valence-corrected chi connectivity index (χ2v) is 7.25. The minimum absolute atomic E-state index is 0.163. The van der Waals surface area contributed by atoms with Gasteiger partial charge in [0.1, 0.15) is 0 Å². The van der Waals surface area contributed by atoms with Gasteiger partial charge in [0.15, 0.2) is 0 Å². The summed E-state index contributed by atoms with van der Waals surface area (Å²) in [7, 11) is -3.68. The summed E-state index contributed by atoms with van der Waals surface area (Å²) in [4.78, 5) is 0.228. The molecular formula is C19H19NO2S. The van der Waals surface area contributed by atoms with Crippen molar-refractivity contribution in [3.8, 4) is 12.0 Å². The molecule has 0 heterocycles. The van der Waals surface area contributed by atoms with Crippen molar-refractivity contribution in [3.05, 3.63) is 77.9 Å². The number of hydrogen-bond acceptors (Lipinski definition) is 2. The molecule has 0 unspecified atom stereocenters. The highest BCUT2D eigenvalue weighted by Crippen LogP contribution is 2.17. The zero-order chi connectivity index (χ0) is 16.9. The Kier molecular flexibility index (Phi) is 5.25. The number of hydrogen-bond donors (Lipinski definition) is 0. The van der Waals surface area contributed by atoms with Crippen LogP contribution < -0.4 is 0 Å². The van der Waals surface area contributed by atoms with E-state index in [1.807, 2.05) is 37.3 Å². The van der Waals surface area contributed by atoms with E-state index in [-0.39, 0.29) is 11.4 Å². The van der Waals surface area contributed by atoms with Gasteiger partial charge in [-0.05, 0) is 44.0 Å². The Morgan fingerprint density at radius 2 is 1.70 bits per heavy atom. The van der Waals surface area contributed by atoms with Crippen LogP contribution in [0.3, 0.4) is 0 Å². The first-order chi connectivity index (χ1) is 10.9. The van der Waals surface area contributed by atoms with Crippen LogP contribution in [0.2, 0.25) is 0 Å². The Hall–Kier alpha value is -2.51. The van der Waals surface area contributed by atoms with E-state index in [0.29, 0.717) is 0 Å². The number of nitrogens with zero attached hydrogens (tertiary/aromatic N) is 1. The van der Waals surface area contributed by atoms with Crippen LogP contribution in [-0.4, -0.2) is 19.3 Å². The molecule has 2 rings (SSSR count). The number of aryl methyl sites for hydroxylation is 1. The van der Waals surface area contributed by atoms with Crippen molar-refractivity contribution < 1.29 is 8.42 Å². The van der Waals surface area contributed by atoms with E-state index in [4.69, 9.17) is 0 Å². The van der Waals surface area contributed by atoms with E-state index in [2.05, 4.69) is 18.5 Å². The van der Waals surface area contributed by atoms with Gasteiger partial charge in [0, 0.05) is 11.6 Å². The van der Waals surface area contributed by atoms with E-state index in [1.54, 1.807) is 31.2 Å². The third kappa shape index (κ3) is 4.48. The minimum Gasteiger partial charge on any atom is -0.220 e. The van der Waals surface area contributed by atoms with Gasteiger partial charge >= 0.3 is 0 Å². The summed E-state index contributed by atoms with van der Waals surface area (Å²) in [6.07, 6.45) is 0. The molecule has 0 atom stereocenters. The van der Waals surface area contributed by atoms with Crippen LogP contribution in [0.5, 0.6) is 0 Å². The molecule has 3 nitrogen and oxygen atoms in total. The summed E-state index contributed by atoms with van der Waals surface area (Å²) in [6.45, 7) is 7.65. The second-order valence-electron chi connectivity index (χ2n) is 5.38. The van der Waals surface area contributed by atoms with Crippen LogP contribution in [0, 0.1) is 18.9 Å². The minimum atomic E-state index is -3.68. The second kappa shape index (κ2) is 7.17. The normalized spacial score (nSPS) is 10.5. The van der Waals surface area contributed by atoms with Crippen molar-refractivity contribution in [2.45, 2.75) is 18.7 Å². The van der Waals surface area contributed by atoms with Crippen molar-refractivity contribution in [2.75, 3.05) is 6.54 Å². The summed E-state index contributed by atoms with van der Waals surface area (Å²) in [6, 6.07) is 18.8. The molecule has 0 aliphatic rings. The van der Waals surface area contributed by atoms with Crippen molar-refractivity contribution in [1.82, 2.24) is 4.31 Å². The maximum atomic E-state index is 12.8. The Labute approximate surface area is 138 Å². The van der Waals surface area contributed by atoms with E-state index < -0.39 is 10.0 Å². The fraction of sp³-hybridized carbons (Fsp3) is 0.158. The van der Waals surface area contributed by atoms with Crippen LogP contribution in [0.15, 0.2) is 71.6 Å². The van der Waals surface area contributed by atoms with Crippen LogP contribution in [0.4, 0.5) is 0 Å². The van der Waals surface area contributed by atoms with Crippen LogP contribution >= 0.6 is 0 Å². The summed E-state index contributed by atoms with van der Waals surface area (Å²) in [5.41, 5.74) is 2.49. The first-order valence-electron chi connectivity index (χ1n) is 7.20. The highest BCUT2D eigenvalue weighted by molar-refractivity contribution is 7.89. The molecule has 0 aliphatic carbocycles. The first kappa shape index (κ1) is 16.9. The van der Waals surface area contributed by atoms with Crippen molar-refractivity contribution in [2.24, 2.45) is 0 Å². The van der Waals surface area contributed by atoms with Gasteiger partial charge in [-0.2, -0.15) is 0 Å². The monoisotopic (exact) mass is 325 g/mol. The molecule has 0 radical (unpaired) electrons. The topological polar surface area (TPSA) is 37.4 Å². The molecule has 0 saturated carbocycles. The van der Waals surface area contributed by atoms with Gasteiger partial charge in [-0.1, -0.05) is 48.0 Å². The standard InChI is InChI=1S/C19H19NO2S/c1-16(2)15-20(14-13-18-7-5-4-6-8-18)23(21,22)19-11-9-17(3)10-12-19/h4-12H,1,15H2,2-3H3. The predicted octanol–water partition coefficient (Wildman–Crippen LogP) is 3.57. The summed E-state index contributed by atoms with van der Waals surface area (Å²) in [5, 5.41) is 0. The highest BCUT2D eigenvalue weighted by Gasteiger charge is 2.21. The third-order valence-corrected chi connectivity index (χ3v) is 4.79. The molecule has 0 spiro atoms. The van der Waals surface area contributed by atoms with Gasteiger partial charge in [0.25, 0.3) is 10.0 Å². The zero-order valence-corrected chi connectivity index (χ0v) is 14.1. The quantitative estimate of drug-likeness (QED) is 0.489. The lowest BCUT2D eigenvalue weighted by molar-refractivity contribution is 0.528. The molecule has 2 aromatic rings. The Bertz CT molecular complexity index is 842. The molecular weight excluding hydrogens is 306 g/mol. The number of sulfonamides is 1. The summed E-state index contributed by atoms with van der Waals surface area (Å²) < 4.78 is 26.7. The SMILES string of the molecule is C=C(C)CN(C#Cc1ccccc1)S(=O)(=O)c1ccc(C)cc1. The average Bonchev–Trinajstić information content (AvgIpc) is 2.52. The lowest BCUT2D eigenvalue weighted by Crippen LogP contribution is -2.28. The zero-order valence-electron chi connectivity index (χ0n) is 13.3. The van der Waals surface area contributed by atoms with Gasteiger partial charge in [0.05, 0.1) is 11.4 Å². The Balaban J connectivity index is 2.40. The molecule has 0 aliphatic heterocycles. The fourth-order valence-corrected chi connectivity index (χ4v) is 3.21. The molecule has 0 aromatic heterocycles. The summed E-state index contributed by atoms with van der Waals surface area (Å²) >= 11 is 0. The van der Waals surface area contributed by atoms with Gasteiger partial charge in [-0.15, -0.1) is 0 Å². The van der Waals surface area contributed by atoms with Crippen LogP contribution in [0.1, 0.15) is 18.1 Å². The smallest absolute Gasteiger partial charge is 0.220 e.